The SMILES string of the molecule is O=C(N[C@H](c1ccccn1)C1CC1)c1ccc2[nH]nc(-c3ccc(N4CCN(C5COC5)CC4)cc3)c2c1. The van der Waals surface area contributed by atoms with E-state index in [9.17, 15) is 4.79 Å². The minimum absolute atomic E-state index is 0.0559. The van der Waals surface area contributed by atoms with Gasteiger partial charge in [0.05, 0.1) is 42.2 Å². The molecule has 0 unspecified atom stereocenters. The van der Waals surface area contributed by atoms with Gasteiger partial charge < -0.3 is 15.0 Å². The monoisotopic (exact) mass is 508 g/mol. The lowest BCUT2D eigenvalue weighted by molar-refractivity contribution is -0.0660. The molecular weight excluding hydrogens is 476 g/mol. The Kier molecular flexibility index (Phi) is 6.06. The fourth-order valence-electron chi connectivity index (χ4n) is 5.63. The minimum Gasteiger partial charge on any atom is -0.378 e. The second kappa shape index (κ2) is 9.85. The maximum Gasteiger partial charge on any atom is 0.251 e. The normalized spacial score (nSPS) is 19.3. The van der Waals surface area contributed by atoms with Gasteiger partial charge in [0.1, 0.15) is 0 Å². The first kappa shape index (κ1) is 23.4. The van der Waals surface area contributed by atoms with Crippen LogP contribution in [0.5, 0.6) is 0 Å². The summed E-state index contributed by atoms with van der Waals surface area (Å²) in [5.74, 6) is 0.375. The second-order valence-electron chi connectivity index (χ2n) is 10.6. The van der Waals surface area contributed by atoms with Crippen LogP contribution in [0.1, 0.15) is 34.9 Å². The zero-order chi connectivity index (χ0) is 25.5. The Hall–Kier alpha value is -3.75. The van der Waals surface area contributed by atoms with Crippen LogP contribution in [-0.4, -0.2) is 71.4 Å². The number of H-pyrrole nitrogens is 1. The average molecular weight is 509 g/mol. The van der Waals surface area contributed by atoms with Crippen LogP contribution in [0.25, 0.3) is 22.2 Å². The Balaban J connectivity index is 1.08. The number of carbonyl (C=O) groups excluding carboxylic acids is 1. The van der Waals surface area contributed by atoms with E-state index in [-0.39, 0.29) is 11.9 Å². The van der Waals surface area contributed by atoms with E-state index in [1.165, 1.54) is 5.69 Å². The Labute approximate surface area is 222 Å². The van der Waals surface area contributed by atoms with Gasteiger partial charge in [-0.1, -0.05) is 18.2 Å². The summed E-state index contributed by atoms with van der Waals surface area (Å²) in [6.07, 6.45) is 4.03. The van der Waals surface area contributed by atoms with Gasteiger partial charge in [-0.15, -0.1) is 0 Å². The third kappa shape index (κ3) is 4.54. The molecule has 1 atom stereocenters. The van der Waals surface area contributed by atoms with E-state index in [0.717, 1.165) is 80.1 Å². The second-order valence-corrected chi connectivity index (χ2v) is 10.6. The number of hydrogen-bond acceptors (Lipinski definition) is 6. The lowest BCUT2D eigenvalue weighted by Crippen LogP contribution is -2.56. The summed E-state index contributed by atoms with van der Waals surface area (Å²) < 4.78 is 5.36. The topological polar surface area (TPSA) is 86.4 Å². The van der Waals surface area contributed by atoms with Crippen molar-refractivity contribution in [3.63, 3.8) is 0 Å². The molecule has 8 heteroatoms. The summed E-state index contributed by atoms with van der Waals surface area (Å²) in [5, 5.41) is 11.9. The lowest BCUT2D eigenvalue weighted by atomic mass is 10.0. The summed E-state index contributed by atoms with van der Waals surface area (Å²) >= 11 is 0. The highest BCUT2D eigenvalue weighted by Gasteiger charge is 2.34. The molecule has 0 bridgehead atoms. The number of nitrogens with one attached hydrogen (secondary N) is 2. The number of nitrogens with zero attached hydrogens (tertiary/aromatic N) is 4. The number of fused-ring (bicyclic) bond motifs is 1. The van der Waals surface area contributed by atoms with Gasteiger partial charge in [0.25, 0.3) is 5.91 Å². The zero-order valence-corrected chi connectivity index (χ0v) is 21.3. The number of benzene rings is 2. The van der Waals surface area contributed by atoms with Gasteiger partial charge in [-0.25, -0.2) is 0 Å². The number of rotatable bonds is 7. The highest BCUT2D eigenvalue weighted by Crippen LogP contribution is 2.40. The summed E-state index contributed by atoms with van der Waals surface area (Å²) in [6.45, 7) is 5.96. The first-order chi connectivity index (χ1) is 18.7. The van der Waals surface area contributed by atoms with Crippen LogP contribution in [0, 0.1) is 5.92 Å². The number of ether oxygens (including phenoxy) is 1. The molecule has 3 aliphatic rings. The van der Waals surface area contributed by atoms with Gasteiger partial charge in [-0.3, -0.25) is 19.8 Å². The van der Waals surface area contributed by atoms with Crippen LogP contribution in [-0.2, 0) is 4.74 Å². The van der Waals surface area contributed by atoms with Crippen molar-refractivity contribution in [3.8, 4) is 11.3 Å². The molecule has 0 spiro atoms. The summed E-state index contributed by atoms with van der Waals surface area (Å²) in [6, 6.07) is 20.8. The summed E-state index contributed by atoms with van der Waals surface area (Å²) in [5.41, 5.74) is 5.60. The molecule has 4 heterocycles. The molecule has 2 N–H and O–H groups in total. The predicted molar refractivity (Wildman–Crippen MR) is 147 cm³/mol. The largest absolute Gasteiger partial charge is 0.378 e. The maximum atomic E-state index is 13.3. The van der Waals surface area contributed by atoms with Crippen LogP contribution < -0.4 is 10.2 Å². The molecule has 2 aromatic heterocycles. The van der Waals surface area contributed by atoms with Crippen LogP contribution in [0.3, 0.4) is 0 Å². The number of piperazine rings is 1. The van der Waals surface area contributed by atoms with Gasteiger partial charge in [0, 0.05) is 54.6 Å². The Morgan fingerprint density at radius 3 is 2.50 bits per heavy atom. The lowest BCUT2D eigenvalue weighted by Gasteiger charge is -2.43. The third-order valence-corrected chi connectivity index (χ3v) is 8.17. The molecule has 1 aliphatic carbocycles. The minimum atomic E-state index is -0.0791. The van der Waals surface area contributed by atoms with Gasteiger partial charge in [-0.2, -0.15) is 5.10 Å². The van der Waals surface area contributed by atoms with E-state index in [1.807, 2.05) is 36.4 Å². The maximum absolute atomic E-state index is 13.3. The third-order valence-electron chi connectivity index (χ3n) is 8.17. The van der Waals surface area contributed by atoms with Crippen LogP contribution in [0.4, 0.5) is 5.69 Å². The number of carbonyl (C=O) groups is 1. The van der Waals surface area contributed by atoms with Gasteiger partial charge in [0.15, 0.2) is 0 Å². The van der Waals surface area contributed by atoms with Crippen molar-refractivity contribution in [2.75, 3.05) is 44.3 Å². The number of aromatic nitrogens is 3. The van der Waals surface area contributed by atoms with Gasteiger partial charge in [-0.05, 0) is 61.2 Å². The van der Waals surface area contributed by atoms with Crippen molar-refractivity contribution in [1.82, 2.24) is 25.4 Å². The first-order valence-electron chi connectivity index (χ1n) is 13.6. The van der Waals surface area contributed by atoms with E-state index >= 15 is 0 Å². The van der Waals surface area contributed by atoms with E-state index in [0.29, 0.717) is 17.5 Å². The quantitative estimate of drug-likeness (QED) is 0.392. The number of aromatic amines is 1. The van der Waals surface area contributed by atoms with Crippen molar-refractivity contribution in [3.05, 3.63) is 78.1 Å². The van der Waals surface area contributed by atoms with E-state index in [4.69, 9.17) is 4.74 Å². The molecule has 1 saturated carbocycles. The highest BCUT2D eigenvalue weighted by atomic mass is 16.5. The Bertz CT molecular complexity index is 1420. The summed E-state index contributed by atoms with van der Waals surface area (Å²) in [4.78, 5) is 22.8. The standard InChI is InChI=1S/C30H32N6O2/c37-30(32-29(21-4-5-21)27-3-1-2-12-31-27)22-8-11-26-25(17-22)28(34-33-26)20-6-9-23(10-7-20)35-13-15-36(16-14-35)24-18-38-19-24/h1-3,6-12,17,21,24,29H,4-5,13-16,18-19H2,(H,32,37)(H,33,34)/t29-/m0/s1. The Morgan fingerprint density at radius 2 is 1.82 bits per heavy atom. The van der Waals surface area contributed by atoms with Crippen LogP contribution >= 0.6 is 0 Å². The van der Waals surface area contributed by atoms with Crippen LogP contribution in [0.15, 0.2) is 66.9 Å². The fraction of sp³-hybridized carbons (Fsp3) is 0.367. The number of amides is 1. The van der Waals surface area contributed by atoms with E-state index in [2.05, 4.69) is 54.6 Å². The average Bonchev–Trinajstić information content (AvgIpc) is 3.70. The smallest absolute Gasteiger partial charge is 0.251 e. The highest BCUT2D eigenvalue weighted by molar-refractivity contribution is 6.01. The predicted octanol–water partition coefficient (Wildman–Crippen LogP) is 4.03. The number of pyridine rings is 1. The molecule has 7 rings (SSSR count). The van der Waals surface area contributed by atoms with Gasteiger partial charge >= 0.3 is 0 Å². The van der Waals surface area contributed by atoms with Gasteiger partial charge in [0.2, 0.25) is 0 Å². The fourth-order valence-corrected chi connectivity index (χ4v) is 5.63. The number of hydrogen-bond donors (Lipinski definition) is 2. The molecule has 0 radical (unpaired) electrons. The van der Waals surface area contributed by atoms with Crippen molar-refractivity contribution in [2.24, 2.45) is 5.92 Å². The first-order valence-corrected chi connectivity index (χ1v) is 13.6. The molecule has 2 aliphatic heterocycles. The number of anilines is 1. The Morgan fingerprint density at radius 1 is 1.00 bits per heavy atom. The molecule has 3 fully saturated rings. The molecule has 2 aromatic carbocycles. The molecule has 2 saturated heterocycles. The van der Waals surface area contributed by atoms with Crippen molar-refractivity contribution in [2.45, 2.75) is 24.9 Å². The van der Waals surface area contributed by atoms with Crippen LogP contribution in [0.2, 0.25) is 0 Å². The van der Waals surface area contributed by atoms with E-state index in [1.54, 1.807) is 6.20 Å². The molecule has 8 nitrogen and oxygen atoms in total. The molecule has 194 valence electrons. The van der Waals surface area contributed by atoms with Crippen molar-refractivity contribution < 1.29 is 9.53 Å². The molecular formula is C30H32N6O2. The molecule has 1 amide bonds. The molecule has 4 aromatic rings. The van der Waals surface area contributed by atoms with Crippen molar-refractivity contribution in [1.29, 1.82) is 0 Å². The van der Waals surface area contributed by atoms with E-state index < -0.39 is 0 Å². The van der Waals surface area contributed by atoms with Crippen molar-refractivity contribution >= 4 is 22.5 Å². The summed E-state index contributed by atoms with van der Waals surface area (Å²) in [7, 11) is 0. The zero-order valence-electron chi connectivity index (χ0n) is 21.3. The molecule has 38 heavy (non-hydrogen) atoms.